The van der Waals surface area contributed by atoms with Crippen LogP contribution in [0.1, 0.15) is 33.1 Å². The minimum atomic E-state index is -1.01. The van der Waals surface area contributed by atoms with Crippen LogP contribution >= 0.6 is 0 Å². The molecule has 0 saturated carbocycles. The number of nitrogens with one attached hydrogen (secondary N) is 2. The fourth-order valence-electron chi connectivity index (χ4n) is 6.49. The molecular weight excluding hydrogens is 428 g/mol. The molecule has 4 aliphatic heterocycles. The Morgan fingerprint density at radius 1 is 1.18 bits per heavy atom. The van der Waals surface area contributed by atoms with E-state index in [0.29, 0.717) is 52.1 Å². The van der Waals surface area contributed by atoms with E-state index in [2.05, 4.69) is 15.5 Å². The molecule has 3 amide bonds. The molecular formula is C23H38N4O6. The number of morpholine rings is 1. The van der Waals surface area contributed by atoms with Crippen LogP contribution in [-0.2, 0) is 23.9 Å². The molecule has 0 aromatic rings. The summed E-state index contributed by atoms with van der Waals surface area (Å²) in [5, 5.41) is 15.0. The first-order valence-electron chi connectivity index (χ1n) is 12.2. The van der Waals surface area contributed by atoms with Crippen LogP contribution in [0.4, 0.5) is 0 Å². The number of carbonyl (C=O) groups excluding carboxylic acids is 3. The molecule has 33 heavy (non-hydrogen) atoms. The SMILES string of the molecule is CNC(=O)[C@@H]1[C@H]2C(=O)N(CCCCO)C(C(=O)NCCN3CCOCC3)C23CC(C)[C@@]1(C)O3. The summed E-state index contributed by atoms with van der Waals surface area (Å²) in [5.41, 5.74) is -1.80. The van der Waals surface area contributed by atoms with Crippen LogP contribution in [0.2, 0.25) is 0 Å². The number of aliphatic hydroxyl groups is 1. The molecule has 6 atom stereocenters. The Morgan fingerprint density at radius 2 is 1.91 bits per heavy atom. The Labute approximate surface area is 195 Å². The highest BCUT2D eigenvalue weighted by molar-refractivity contribution is 5.99. The lowest BCUT2D eigenvalue weighted by atomic mass is 9.62. The van der Waals surface area contributed by atoms with E-state index in [9.17, 15) is 19.5 Å². The number of rotatable bonds is 9. The summed E-state index contributed by atoms with van der Waals surface area (Å²) in [6.45, 7) is 8.57. The van der Waals surface area contributed by atoms with Crippen molar-refractivity contribution in [1.29, 1.82) is 0 Å². The maximum Gasteiger partial charge on any atom is 0.245 e. The zero-order valence-electron chi connectivity index (χ0n) is 20.0. The van der Waals surface area contributed by atoms with E-state index in [4.69, 9.17) is 9.47 Å². The molecule has 4 saturated heterocycles. The maximum atomic E-state index is 13.7. The van der Waals surface area contributed by atoms with Gasteiger partial charge in [-0.3, -0.25) is 19.3 Å². The summed E-state index contributed by atoms with van der Waals surface area (Å²) in [5.74, 6) is -1.91. The highest BCUT2D eigenvalue weighted by Gasteiger charge is 2.79. The molecule has 4 heterocycles. The number of aliphatic hydroxyl groups excluding tert-OH is 1. The zero-order valence-corrected chi connectivity index (χ0v) is 20.0. The highest BCUT2D eigenvalue weighted by Crippen LogP contribution is 2.65. The van der Waals surface area contributed by atoms with Gasteiger partial charge in [0, 0.05) is 46.4 Å². The van der Waals surface area contributed by atoms with Gasteiger partial charge in [-0.05, 0) is 32.1 Å². The quantitative estimate of drug-likeness (QED) is 0.372. The zero-order chi connectivity index (χ0) is 23.8. The van der Waals surface area contributed by atoms with Gasteiger partial charge in [-0.2, -0.15) is 0 Å². The van der Waals surface area contributed by atoms with Gasteiger partial charge in [-0.1, -0.05) is 6.92 Å². The van der Waals surface area contributed by atoms with Crippen molar-refractivity contribution in [1.82, 2.24) is 20.4 Å². The molecule has 0 aromatic carbocycles. The standard InChI is InChI=1S/C23H38N4O6/c1-15-14-23-17(16(19(29)24-3)22(15,2)33-23)21(31)27(7-4-5-11-28)18(23)20(30)25-6-8-26-9-12-32-13-10-26/h15-18,28H,4-14H2,1-3H3,(H,24,29)(H,25,30)/t15?,16-,17-,18?,22+,23?/m0/s1. The molecule has 4 fully saturated rings. The van der Waals surface area contributed by atoms with Crippen LogP contribution in [-0.4, -0.2) is 109 Å². The second-order valence-corrected chi connectivity index (χ2v) is 10.0. The van der Waals surface area contributed by atoms with Crippen molar-refractivity contribution < 1.29 is 29.0 Å². The Morgan fingerprint density at radius 3 is 2.58 bits per heavy atom. The van der Waals surface area contributed by atoms with Gasteiger partial charge < -0.3 is 30.1 Å². The van der Waals surface area contributed by atoms with E-state index in [0.717, 1.165) is 13.1 Å². The second kappa shape index (κ2) is 9.48. The normalized spacial score (nSPS) is 37.9. The first kappa shape index (κ1) is 24.4. The van der Waals surface area contributed by atoms with E-state index in [1.807, 2.05) is 13.8 Å². The van der Waals surface area contributed by atoms with E-state index in [1.165, 1.54) is 0 Å². The third-order valence-corrected chi connectivity index (χ3v) is 8.23. The molecule has 0 aliphatic carbocycles. The van der Waals surface area contributed by atoms with E-state index in [-0.39, 0.29) is 30.2 Å². The molecule has 2 bridgehead atoms. The van der Waals surface area contributed by atoms with Gasteiger partial charge >= 0.3 is 0 Å². The number of unbranched alkanes of at least 4 members (excludes halogenated alkanes) is 1. The van der Waals surface area contributed by atoms with Gasteiger partial charge in [0.15, 0.2) is 0 Å². The van der Waals surface area contributed by atoms with Crippen LogP contribution in [0, 0.1) is 17.8 Å². The molecule has 1 spiro atoms. The lowest BCUT2D eigenvalue weighted by Gasteiger charge is -2.36. The third kappa shape index (κ3) is 3.94. The van der Waals surface area contributed by atoms with Gasteiger partial charge in [0.2, 0.25) is 17.7 Å². The van der Waals surface area contributed by atoms with Crippen molar-refractivity contribution in [2.24, 2.45) is 17.8 Å². The molecule has 10 nitrogen and oxygen atoms in total. The van der Waals surface area contributed by atoms with E-state index >= 15 is 0 Å². The fraction of sp³-hybridized carbons (Fsp3) is 0.870. The van der Waals surface area contributed by atoms with Crippen molar-refractivity contribution in [3.63, 3.8) is 0 Å². The second-order valence-electron chi connectivity index (χ2n) is 10.0. The number of ether oxygens (including phenoxy) is 2. The number of hydrogen-bond acceptors (Lipinski definition) is 7. The minimum absolute atomic E-state index is 0.0273. The molecule has 0 aromatic heterocycles. The minimum Gasteiger partial charge on any atom is -0.396 e. The number of hydrogen-bond donors (Lipinski definition) is 3. The Bertz CT molecular complexity index is 774. The van der Waals surface area contributed by atoms with Crippen molar-refractivity contribution in [2.45, 2.75) is 50.4 Å². The molecule has 186 valence electrons. The topological polar surface area (TPSA) is 120 Å². The number of likely N-dealkylation sites (tertiary alicyclic amines) is 1. The summed E-state index contributed by atoms with van der Waals surface area (Å²) in [4.78, 5) is 44.0. The van der Waals surface area contributed by atoms with Gasteiger partial charge in [0.1, 0.15) is 11.6 Å². The van der Waals surface area contributed by atoms with Crippen LogP contribution in [0.3, 0.4) is 0 Å². The predicted molar refractivity (Wildman–Crippen MR) is 119 cm³/mol. The summed E-state index contributed by atoms with van der Waals surface area (Å²) in [6.07, 6.45) is 1.69. The predicted octanol–water partition coefficient (Wildman–Crippen LogP) is -1.04. The smallest absolute Gasteiger partial charge is 0.245 e. The lowest BCUT2D eigenvalue weighted by Crippen LogP contribution is -2.56. The molecule has 0 radical (unpaired) electrons. The van der Waals surface area contributed by atoms with Gasteiger partial charge in [0.25, 0.3) is 0 Å². The first-order valence-corrected chi connectivity index (χ1v) is 12.2. The molecule has 4 rings (SSSR count). The maximum absolute atomic E-state index is 13.7. The van der Waals surface area contributed by atoms with Crippen molar-refractivity contribution in [3.05, 3.63) is 0 Å². The van der Waals surface area contributed by atoms with Gasteiger partial charge in [0.05, 0.1) is 30.7 Å². The average Bonchev–Trinajstić information content (AvgIpc) is 3.31. The number of fused-ring (bicyclic) bond motifs is 1. The van der Waals surface area contributed by atoms with Crippen LogP contribution < -0.4 is 10.6 Å². The van der Waals surface area contributed by atoms with Crippen molar-refractivity contribution in [2.75, 3.05) is 59.6 Å². The van der Waals surface area contributed by atoms with E-state index < -0.39 is 29.1 Å². The number of nitrogens with zero attached hydrogens (tertiary/aromatic N) is 2. The summed E-state index contributed by atoms with van der Waals surface area (Å²) in [6, 6.07) is -0.780. The monoisotopic (exact) mass is 466 g/mol. The number of amides is 3. The highest BCUT2D eigenvalue weighted by atomic mass is 16.5. The Kier molecular flexibility index (Phi) is 7.00. The molecule has 10 heteroatoms. The van der Waals surface area contributed by atoms with Crippen LogP contribution in [0.5, 0.6) is 0 Å². The Balaban J connectivity index is 1.57. The van der Waals surface area contributed by atoms with Crippen LogP contribution in [0.25, 0.3) is 0 Å². The third-order valence-electron chi connectivity index (χ3n) is 8.23. The van der Waals surface area contributed by atoms with Gasteiger partial charge in [-0.15, -0.1) is 0 Å². The lowest BCUT2D eigenvalue weighted by molar-refractivity contribution is -0.147. The Hall–Kier alpha value is -1.75. The first-order chi connectivity index (χ1) is 15.8. The molecule has 3 N–H and O–H groups in total. The van der Waals surface area contributed by atoms with Crippen LogP contribution in [0.15, 0.2) is 0 Å². The van der Waals surface area contributed by atoms with Crippen molar-refractivity contribution in [3.8, 4) is 0 Å². The largest absolute Gasteiger partial charge is 0.396 e. The summed E-state index contributed by atoms with van der Waals surface area (Å²) >= 11 is 0. The molecule has 3 unspecified atom stereocenters. The fourth-order valence-corrected chi connectivity index (χ4v) is 6.49. The van der Waals surface area contributed by atoms with Crippen molar-refractivity contribution >= 4 is 17.7 Å². The molecule has 4 aliphatic rings. The summed E-state index contributed by atoms with van der Waals surface area (Å²) < 4.78 is 12.0. The van der Waals surface area contributed by atoms with Gasteiger partial charge in [-0.25, -0.2) is 0 Å². The number of carbonyl (C=O) groups is 3. The van der Waals surface area contributed by atoms with E-state index in [1.54, 1.807) is 11.9 Å². The summed E-state index contributed by atoms with van der Waals surface area (Å²) in [7, 11) is 1.57. The average molecular weight is 467 g/mol.